The Balaban J connectivity index is 1.36. The van der Waals surface area contributed by atoms with Gasteiger partial charge in [0.15, 0.2) is 0 Å². The Morgan fingerprint density at radius 2 is 1.80 bits per heavy atom. The van der Waals surface area contributed by atoms with E-state index in [1.54, 1.807) is 11.3 Å². The minimum absolute atomic E-state index is 0.00224. The van der Waals surface area contributed by atoms with Crippen LogP contribution in [0, 0.1) is 6.92 Å². The van der Waals surface area contributed by atoms with Crippen molar-refractivity contribution in [2.75, 3.05) is 0 Å². The maximum absolute atomic E-state index is 12.7. The highest BCUT2D eigenvalue weighted by molar-refractivity contribution is 7.13. The van der Waals surface area contributed by atoms with Gasteiger partial charge in [-0.2, -0.15) is 4.98 Å². The lowest BCUT2D eigenvalue weighted by molar-refractivity contribution is -0.121. The average molecular weight is 418 g/mol. The molecule has 0 saturated heterocycles. The number of hydrogen-bond acceptors (Lipinski definition) is 5. The average Bonchev–Trinajstić information content (AvgIpc) is 3.45. The fourth-order valence-corrected chi connectivity index (χ4v) is 3.91. The summed E-state index contributed by atoms with van der Waals surface area (Å²) in [7, 11) is 0. The Morgan fingerprint density at radius 3 is 2.53 bits per heavy atom. The Bertz CT molecular complexity index is 1070. The van der Waals surface area contributed by atoms with E-state index < -0.39 is 0 Å². The molecule has 0 bridgehead atoms. The predicted octanol–water partition coefficient (Wildman–Crippen LogP) is 5.34. The first-order chi connectivity index (χ1) is 14.7. The monoisotopic (exact) mass is 417 g/mol. The number of thiophene rings is 1. The largest absolute Gasteiger partial charge is 0.345 e. The van der Waals surface area contributed by atoms with Crippen LogP contribution in [0.2, 0.25) is 0 Å². The third-order valence-corrected chi connectivity index (χ3v) is 5.72. The van der Waals surface area contributed by atoms with Crippen LogP contribution >= 0.6 is 11.3 Å². The highest BCUT2D eigenvalue weighted by atomic mass is 32.1. The first-order valence-electron chi connectivity index (χ1n) is 9.96. The number of benzene rings is 2. The number of aryl methyl sites for hydroxylation is 2. The normalized spacial score (nSPS) is 11.9. The van der Waals surface area contributed by atoms with E-state index in [1.165, 1.54) is 5.56 Å². The number of carbonyl (C=O) groups excluding carboxylic acids is 1. The Kier molecular flexibility index (Phi) is 6.35. The predicted molar refractivity (Wildman–Crippen MR) is 118 cm³/mol. The van der Waals surface area contributed by atoms with E-state index in [1.807, 2.05) is 47.8 Å². The molecule has 0 aliphatic carbocycles. The van der Waals surface area contributed by atoms with Gasteiger partial charge >= 0.3 is 0 Å². The van der Waals surface area contributed by atoms with Gasteiger partial charge in [0.2, 0.25) is 17.6 Å². The quantitative estimate of drug-likeness (QED) is 0.420. The summed E-state index contributed by atoms with van der Waals surface area (Å²) >= 11 is 1.57. The highest BCUT2D eigenvalue weighted by Gasteiger charge is 2.17. The van der Waals surface area contributed by atoms with Gasteiger partial charge in [-0.25, -0.2) is 0 Å². The second kappa shape index (κ2) is 9.50. The third-order valence-electron chi connectivity index (χ3n) is 4.85. The van der Waals surface area contributed by atoms with Gasteiger partial charge in [0.05, 0.1) is 10.9 Å². The van der Waals surface area contributed by atoms with Crippen LogP contribution in [0.4, 0.5) is 0 Å². The molecular formula is C24H23N3O2S. The topological polar surface area (TPSA) is 68.0 Å². The molecule has 1 amide bonds. The van der Waals surface area contributed by atoms with Crippen LogP contribution in [-0.4, -0.2) is 16.0 Å². The van der Waals surface area contributed by atoms with Gasteiger partial charge in [0.1, 0.15) is 0 Å². The molecule has 30 heavy (non-hydrogen) atoms. The minimum atomic E-state index is -0.173. The molecule has 0 aliphatic heterocycles. The van der Waals surface area contributed by atoms with E-state index in [0.717, 1.165) is 16.0 Å². The molecule has 1 unspecified atom stereocenters. The maximum atomic E-state index is 12.7. The molecule has 6 heteroatoms. The zero-order valence-electron chi connectivity index (χ0n) is 16.7. The molecule has 4 rings (SSSR count). The van der Waals surface area contributed by atoms with Gasteiger partial charge in [0.25, 0.3) is 0 Å². The smallest absolute Gasteiger partial charge is 0.226 e. The fraction of sp³-hybridized carbons (Fsp3) is 0.208. The van der Waals surface area contributed by atoms with Crippen molar-refractivity contribution in [2.24, 2.45) is 0 Å². The first-order valence-corrected chi connectivity index (χ1v) is 10.8. The summed E-state index contributed by atoms with van der Waals surface area (Å²) < 4.78 is 5.32. The van der Waals surface area contributed by atoms with Crippen LogP contribution < -0.4 is 5.32 Å². The van der Waals surface area contributed by atoms with Crippen molar-refractivity contribution in [2.45, 2.75) is 32.2 Å². The van der Waals surface area contributed by atoms with E-state index in [9.17, 15) is 4.79 Å². The second-order valence-electron chi connectivity index (χ2n) is 7.16. The molecular weight excluding hydrogens is 394 g/mol. The molecule has 2 aromatic heterocycles. The standard InChI is InChI=1S/C24H23N3O2S/c1-17-12-14-19(15-13-17)23(18-7-3-2-4-8-18)25-21(28)10-5-11-22-26-24(27-29-22)20-9-6-16-30-20/h2-4,6-9,12-16,23H,5,10-11H2,1H3,(H,25,28). The van der Waals surface area contributed by atoms with Crippen LogP contribution in [0.1, 0.15) is 41.5 Å². The third kappa shape index (κ3) is 5.02. The Morgan fingerprint density at radius 1 is 1.03 bits per heavy atom. The number of amides is 1. The lowest BCUT2D eigenvalue weighted by Gasteiger charge is -2.20. The van der Waals surface area contributed by atoms with Crippen LogP contribution in [0.3, 0.4) is 0 Å². The summed E-state index contributed by atoms with van der Waals surface area (Å²) in [5.41, 5.74) is 3.32. The van der Waals surface area contributed by atoms with Crippen LogP contribution in [0.25, 0.3) is 10.7 Å². The Hall–Kier alpha value is -3.25. The van der Waals surface area contributed by atoms with Gasteiger partial charge in [-0.05, 0) is 35.9 Å². The summed E-state index contributed by atoms with van der Waals surface area (Å²) in [6, 6.07) is 22.0. The van der Waals surface area contributed by atoms with E-state index in [-0.39, 0.29) is 11.9 Å². The number of hydrogen-bond donors (Lipinski definition) is 1. The van der Waals surface area contributed by atoms with Crippen LogP contribution in [0.15, 0.2) is 76.6 Å². The van der Waals surface area contributed by atoms with Crippen molar-refractivity contribution in [3.05, 3.63) is 94.7 Å². The second-order valence-corrected chi connectivity index (χ2v) is 8.11. The summed E-state index contributed by atoms with van der Waals surface area (Å²) in [6.07, 6.45) is 1.62. The summed E-state index contributed by atoms with van der Waals surface area (Å²) in [4.78, 5) is 18.1. The van der Waals surface area contributed by atoms with Gasteiger partial charge < -0.3 is 9.84 Å². The zero-order chi connectivity index (χ0) is 20.8. The molecule has 0 spiro atoms. The van der Waals surface area contributed by atoms with E-state index in [0.29, 0.717) is 31.0 Å². The summed E-state index contributed by atoms with van der Waals surface area (Å²) in [5, 5.41) is 9.17. The van der Waals surface area contributed by atoms with Crippen LogP contribution in [0.5, 0.6) is 0 Å². The number of nitrogens with zero attached hydrogens (tertiary/aromatic N) is 2. The fourth-order valence-electron chi connectivity index (χ4n) is 3.26. The molecule has 2 aromatic carbocycles. The maximum Gasteiger partial charge on any atom is 0.226 e. The van der Waals surface area contributed by atoms with Gasteiger partial charge in [-0.3, -0.25) is 4.79 Å². The molecule has 2 heterocycles. The molecule has 0 aliphatic rings. The molecule has 5 nitrogen and oxygen atoms in total. The number of carbonyl (C=O) groups is 1. The lowest BCUT2D eigenvalue weighted by atomic mass is 9.97. The van der Waals surface area contributed by atoms with Crippen LogP contribution in [-0.2, 0) is 11.2 Å². The van der Waals surface area contributed by atoms with Crippen molar-refractivity contribution in [3.63, 3.8) is 0 Å². The molecule has 1 N–H and O–H groups in total. The number of rotatable bonds is 8. The van der Waals surface area contributed by atoms with Gasteiger partial charge in [-0.15, -0.1) is 11.3 Å². The Labute approximate surface area is 179 Å². The molecule has 0 radical (unpaired) electrons. The SMILES string of the molecule is Cc1ccc(C(NC(=O)CCCc2nc(-c3cccs3)no2)c2ccccc2)cc1. The molecule has 152 valence electrons. The minimum Gasteiger partial charge on any atom is -0.345 e. The number of aromatic nitrogens is 2. The molecule has 0 fully saturated rings. The van der Waals surface area contributed by atoms with Gasteiger partial charge in [0, 0.05) is 12.8 Å². The summed E-state index contributed by atoms with van der Waals surface area (Å²) in [6.45, 7) is 2.06. The van der Waals surface area contributed by atoms with E-state index >= 15 is 0 Å². The van der Waals surface area contributed by atoms with Crippen molar-refractivity contribution < 1.29 is 9.32 Å². The van der Waals surface area contributed by atoms with E-state index in [4.69, 9.17) is 4.52 Å². The molecule has 0 saturated carbocycles. The zero-order valence-corrected chi connectivity index (χ0v) is 17.6. The molecule has 1 atom stereocenters. The lowest BCUT2D eigenvalue weighted by Crippen LogP contribution is -2.29. The van der Waals surface area contributed by atoms with E-state index in [2.05, 4.69) is 46.6 Å². The van der Waals surface area contributed by atoms with Crippen molar-refractivity contribution in [1.82, 2.24) is 15.5 Å². The summed E-state index contributed by atoms with van der Waals surface area (Å²) in [5.74, 6) is 1.17. The molecule has 4 aromatic rings. The van der Waals surface area contributed by atoms with Crippen molar-refractivity contribution in [3.8, 4) is 10.7 Å². The van der Waals surface area contributed by atoms with Crippen molar-refractivity contribution >= 4 is 17.2 Å². The highest BCUT2D eigenvalue weighted by Crippen LogP contribution is 2.23. The number of nitrogens with one attached hydrogen (secondary N) is 1. The van der Waals surface area contributed by atoms with Crippen molar-refractivity contribution in [1.29, 1.82) is 0 Å². The van der Waals surface area contributed by atoms with Gasteiger partial charge in [-0.1, -0.05) is 71.4 Å². The first kappa shape index (κ1) is 20.0.